The third kappa shape index (κ3) is 6.26. The van der Waals surface area contributed by atoms with E-state index in [2.05, 4.69) is 9.97 Å². The Labute approximate surface area is 275 Å². The first-order valence-electron chi connectivity index (χ1n) is 15.7. The molecule has 3 heterocycles. The molecule has 2 N–H and O–H groups in total. The topological polar surface area (TPSA) is 105 Å². The molecule has 0 saturated heterocycles. The van der Waals surface area contributed by atoms with Crippen molar-refractivity contribution in [1.29, 1.82) is 0 Å². The molecule has 0 bridgehead atoms. The summed E-state index contributed by atoms with van der Waals surface area (Å²) >= 11 is 0. The first-order chi connectivity index (χ1) is 22.9. The number of alkyl halides is 3. The van der Waals surface area contributed by atoms with Gasteiger partial charge in [-0.1, -0.05) is 62.4 Å². The Morgan fingerprint density at radius 1 is 0.958 bits per heavy atom. The summed E-state index contributed by atoms with van der Waals surface area (Å²) in [5, 5.41) is 0. The number of carbonyl (C=O) groups excluding carboxylic acids is 2. The lowest BCUT2D eigenvalue weighted by Gasteiger charge is -2.32. The Kier molecular flexibility index (Phi) is 8.76. The second kappa shape index (κ2) is 12.8. The molecule has 0 saturated carbocycles. The number of fused-ring (bicyclic) bond motifs is 1. The average molecular weight is 659 g/mol. The number of hydrogen-bond donors (Lipinski definition) is 1. The van der Waals surface area contributed by atoms with E-state index in [1.165, 1.54) is 58.6 Å². The maximum absolute atomic E-state index is 14.7. The number of rotatable bonds is 9. The van der Waals surface area contributed by atoms with Crippen molar-refractivity contribution in [2.75, 3.05) is 0 Å². The van der Waals surface area contributed by atoms with Crippen molar-refractivity contribution in [3.8, 4) is 0 Å². The normalized spacial score (nSPS) is 18.3. The number of halogens is 4. The monoisotopic (exact) mass is 658 g/mol. The Morgan fingerprint density at radius 2 is 1.60 bits per heavy atom. The lowest BCUT2D eigenvalue weighted by atomic mass is 9.83. The molecule has 2 atom stereocenters. The van der Waals surface area contributed by atoms with E-state index in [9.17, 15) is 27.2 Å². The number of guanidine groups is 1. The molecule has 1 unspecified atom stereocenters. The zero-order valence-corrected chi connectivity index (χ0v) is 26.4. The molecule has 4 aromatic rings. The van der Waals surface area contributed by atoms with Crippen LogP contribution in [0.1, 0.15) is 76.7 Å². The van der Waals surface area contributed by atoms with Gasteiger partial charge in [0.15, 0.2) is 11.5 Å². The second-order valence-corrected chi connectivity index (χ2v) is 12.6. The van der Waals surface area contributed by atoms with Crippen LogP contribution in [-0.2, 0) is 36.0 Å². The van der Waals surface area contributed by atoms with Crippen LogP contribution in [0.5, 0.6) is 0 Å². The van der Waals surface area contributed by atoms with Crippen molar-refractivity contribution in [1.82, 2.24) is 19.8 Å². The molecule has 3 aromatic carbocycles. The summed E-state index contributed by atoms with van der Waals surface area (Å²) in [6.45, 7) is 4.04. The molecule has 0 aliphatic carbocycles. The van der Waals surface area contributed by atoms with E-state index in [1.54, 1.807) is 0 Å². The first-order valence-corrected chi connectivity index (χ1v) is 15.7. The van der Waals surface area contributed by atoms with Gasteiger partial charge < -0.3 is 10.6 Å². The van der Waals surface area contributed by atoms with Crippen LogP contribution >= 0.6 is 0 Å². The van der Waals surface area contributed by atoms with Gasteiger partial charge in [0, 0.05) is 12.4 Å². The molecule has 0 spiro atoms. The maximum Gasteiger partial charge on any atom is 0.417 e. The van der Waals surface area contributed by atoms with Crippen molar-refractivity contribution in [3.05, 3.63) is 130 Å². The van der Waals surface area contributed by atoms with Crippen molar-refractivity contribution in [2.24, 2.45) is 16.6 Å². The first kappa shape index (κ1) is 32.8. The minimum Gasteiger partial charge on any atom is -0.369 e. The van der Waals surface area contributed by atoms with Gasteiger partial charge in [-0.05, 0) is 66.1 Å². The van der Waals surface area contributed by atoms with E-state index in [0.29, 0.717) is 23.4 Å². The van der Waals surface area contributed by atoms with Gasteiger partial charge in [0.05, 0.1) is 41.6 Å². The van der Waals surface area contributed by atoms with E-state index in [-0.39, 0.29) is 43.4 Å². The number of nitrogens with two attached hydrogens (primary N) is 1. The minimum atomic E-state index is -4.83. The zero-order valence-electron chi connectivity index (χ0n) is 26.4. The predicted octanol–water partition coefficient (Wildman–Crippen LogP) is 6.56. The third-order valence-electron chi connectivity index (χ3n) is 8.91. The average Bonchev–Trinajstić information content (AvgIpc) is 3.61. The number of carbonyl (C=O) groups is 2. The highest BCUT2D eigenvalue weighted by Crippen LogP contribution is 2.43. The van der Waals surface area contributed by atoms with Crippen molar-refractivity contribution in [3.63, 3.8) is 0 Å². The van der Waals surface area contributed by atoms with Crippen molar-refractivity contribution in [2.45, 2.75) is 64.0 Å². The Bertz CT molecular complexity index is 1840. The summed E-state index contributed by atoms with van der Waals surface area (Å²) in [5.74, 6) is -1.71. The summed E-state index contributed by atoms with van der Waals surface area (Å²) in [5.41, 5.74) is 5.98. The highest BCUT2D eigenvalue weighted by Gasteiger charge is 2.51. The lowest BCUT2D eigenvalue weighted by molar-refractivity contribution is -0.138. The smallest absolute Gasteiger partial charge is 0.369 e. The highest BCUT2D eigenvalue weighted by molar-refractivity contribution is 6.07. The number of aliphatic imine (C=N–C) groups is 1. The van der Waals surface area contributed by atoms with E-state index in [0.717, 1.165) is 11.6 Å². The molecule has 2 aliphatic rings. The van der Waals surface area contributed by atoms with Gasteiger partial charge in [-0.2, -0.15) is 13.2 Å². The summed E-state index contributed by atoms with van der Waals surface area (Å²) in [4.78, 5) is 44.3. The molecular formula is C36H34F4N6O2. The molecule has 2 amide bonds. The fraction of sp³-hybridized carbons (Fsp3) is 0.306. The van der Waals surface area contributed by atoms with Crippen LogP contribution in [0.15, 0.2) is 90.2 Å². The number of benzene rings is 3. The molecule has 48 heavy (non-hydrogen) atoms. The second-order valence-electron chi connectivity index (χ2n) is 12.6. The van der Waals surface area contributed by atoms with Gasteiger partial charge in [-0.15, -0.1) is 0 Å². The number of nitrogens with zero attached hydrogens (tertiary/aromatic N) is 5. The molecule has 6 rings (SSSR count). The minimum absolute atomic E-state index is 0.0111. The van der Waals surface area contributed by atoms with Crippen molar-refractivity contribution < 1.29 is 27.2 Å². The fourth-order valence-electron chi connectivity index (χ4n) is 6.40. The van der Waals surface area contributed by atoms with E-state index in [1.807, 2.05) is 44.2 Å². The molecule has 2 aliphatic heterocycles. The molecular weight excluding hydrogens is 624 g/mol. The SMILES string of the molecule is CC(C)CC[C@]1(c2ccc(F)cc2)N=C(N)N(C(Cc2ccccc2)c2ccc(C(F)(F)F)c(C(=O)N3Cc4nccnc4C3)c2)C1=O. The summed E-state index contributed by atoms with van der Waals surface area (Å²) in [6, 6.07) is 17.1. The van der Waals surface area contributed by atoms with E-state index in [4.69, 9.17) is 10.7 Å². The van der Waals surface area contributed by atoms with Crippen LogP contribution in [-0.4, -0.2) is 37.5 Å². The van der Waals surface area contributed by atoms with Gasteiger partial charge in [0.2, 0.25) is 0 Å². The quantitative estimate of drug-likeness (QED) is 0.205. The van der Waals surface area contributed by atoms with Crippen molar-refractivity contribution >= 4 is 17.8 Å². The van der Waals surface area contributed by atoms with Crippen LogP contribution in [0.4, 0.5) is 17.6 Å². The molecule has 0 radical (unpaired) electrons. The summed E-state index contributed by atoms with van der Waals surface area (Å²) in [6.07, 6.45) is -0.866. The molecule has 0 fully saturated rings. The Hall–Kier alpha value is -5.13. The van der Waals surface area contributed by atoms with Crippen LogP contribution in [0.2, 0.25) is 0 Å². The Balaban J connectivity index is 1.45. The fourth-order valence-corrected chi connectivity index (χ4v) is 6.40. The maximum atomic E-state index is 14.7. The number of amides is 2. The van der Waals surface area contributed by atoms with Gasteiger partial charge in [0.25, 0.3) is 11.8 Å². The standard InChI is InChI=1S/C36H34F4N6O2/c1-22(2)14-15-35(25-9-11-26(37)12-10-25)33(48)46(34(41)44-35)31(18-23-6-4-3-5-7-23)24-8-13-28(36(38,39)40)27(19-24)32(47)45-20-29-30(21-45)43-17-16-42-29/h3-13,16-17,19,22,31H,14-15,18,20-21H2,1-2H3,(H2,41,44)/t31?,35-/m1/s1. The van der Waals surface area contributed by atoms with Crippen LogP contribution in [0, 0.1) is 11.7 Å². The predicted molar refractivity (Wildman–Crippen MR) is 171 cm³/mol. The molecule has 248 valence electrons. The van der Waals surface area contributed by atoms with E-state index >= 15 is 0 Å². The zero-order chi connectivity index (χ0) is 34.2. The third-order valence-corrected chi connectivity index (χ3v) is 8.91. The Morgan fingerprint density at radius 3 is 2.21 bits per heavy atom. The van der Waals surface area contributed by atoms with Gasteiger partial charge in [0.1, 0.15) is 5.82 Å². The summed E-state index contributed by atoms with van der Waals surface area (Å²) in [7, 11) is 0. The lowest BCUT2D eigenvalue weighted by Crippen LogP contribution is -2.46. The summed E-state index contributed by atoms with van der Waals surface area (Å²) < 4.78 is 57.2. The van der Waals surface area contributed by atoms with Gasteiger partial charge in [-0.25, -0.2) is 9.38 Å². The van der Waals surface area contributed by atoms with Crippen LogP contribution in [0.25, 0.3) is 0 Å². The van der Waals surface area contributed by atoms with Gasteiger partial charge in [-0.3, -0.25) is 24.5 Å². The van der Waals surface area contributed by atoms with Crippen LogP contribution in [0.3, 0.4) is 0 Å². The van der Waals surface area contributed by atoms with Gasteiger partial charge >= 0.3 is 6.18 Å². The number of hydrogen-bond acceptors (Lipinski definition) is 6. The molecule has 1 aromatic heterocycles. The largest absolute Gasteiger partial charge is 0.417 e. The number of aromatic nitrogens is 2. The van der Waals surface area contributed by atoms with Crippen LogP contribution < -0.4 is 5.73 Å². The van der Waals surface area contributed by atoms with E-state index < -0.39 is 46.5 Å². The molecule has 8 nitrogen and oxygen atoms in total. The highest BCUT2D eigenvalue weighted by atomic mass is 19.4. The molecule has 12 heteroatoms.